The van der Waals surface area contributed by atoms with Gasteiger partial charge in [0.15, 0.2) is 0 Å². The molecule has 0 unspecified atom stereocenters. The molecule has 2 atom stereocenters. The lowest BCUT2D eigenvalue weighted by molar-refractivity contribution is -0.137. The average molecular weight is 308 g/mol. The van der Waals surface area contributed by atoms with Gasteiger partial charge in [-0.15, -0.1) is 0 Å². The highest BCUT2D eigenvalue weighted by Crippen LogP contribution is 2.31. The number of alkyl halides is 3. The predicted octanol–water partition coefficient (Wildman–Crippen LogP) is 2.85. The van der Waals surface area contributed by atoms with Crippen LogP contribution in [0.1, 0.15) is 28.4 Å². The summed E-state index contributed by atoms with van der Waals surface area (Å²) in [6.07, 6.45) is -3.50. The van der Waals surface area contributed by atoms with E-state index in [1.165, 1.54) is 6.07 Å². The van der Waals surface area contributed by atoms with E-state index in [1.54, 1.807) is 0 Å². The SMILES string of the molecule is O[C@@H]1Cc2ccccc2[C@H]1NCc1ccc(C(F)(F)F)cn1. The maximum absolute atomic E-state index is 12.5. The Morgan fingerprint density at radius 1 is 1.18 bits per heavy atom. The van der Waals surface area contributed by atoms with E-state index in [2.05, 4.69) is 10.3 Å². The van der Waals surface area contributed by atoms with Gasteiger partial charge in [-0.1, -0.05) is 24.3 Å². The molecule has 0 saturated heterocycles. The first-order valence-corrected chi connectivity index (χ1v) is 6.96. The molecule has 0 aliphatic heterocycles. The van der Waals surface area contributed by atoms with E-state index < -0.39 is 17.8 Å². The van der Waals surface area contributed by atoms with Crippen LogP contribution in [0.5, 0.6) is 0 Å². The molecule has 2 N–H and O–H groups in total. The van der Waals surface area contributed by atoms with Gasteiger partial charge in [-0.25, -0.2) is 0 Å². The molecular weight excluding hydrogens is 293 g/mol. The zero-order valence-corrected chi connectivity index (χ0v) is 11.6. The molecule has 3 nitrogen and oxygen atoms in total. The van der Waals surface area contributed by atoms with Crippen molar-refractivity contribution in [3.63, 3.8) is 0 Å². The molecule has 1 aliphatic rings. The summed E-state index contributed by atoms with van der Waals surface area (Å²) in [6.45, 7) is 0.300. The van der Waals surface area contributed by atoms with Crippen molar-refractivity contribution in [3.05, 3.63) is 65.0 Å². The number of hydrogen-bond acceptors (Lipinski definition) is 3. The fraction of sp³-hybridized carbons (Fsp3) is 0.312. The molecule has 0 fully saturated rings. The van der Waals surface area contributed by atoms with Crippen molar-refractivity contribution in [3.8, 4) is 0 Å². The van der Waals surface area contributed by atoms with Gasteiger partial charge in [0.2, 0.25) is 0 Å². The van der Waals surface area contributed by atoms with Crippen LogP contribution in [0.25, 0.3) is 0 Å². The topological polar surface area (TPSA) is 45.1 Å². The number of pyridine rings is 1. The molecule has 0 amide bonds. The van der Waals surface area contributed by atoms with Crippen LogP contribution in [-0.4, -0.2) is 16.2 Å². The summed E-state index contributed by atoms with van der Waals surface area (Å²) < 4.78 is 37.4. The van der Waals surface area contributed by atoms with Crippen molar-refractivity contribution < 1.29 is 18.3 Å². The monoisotopic (exact) mass is 308 g/mol. The lowest BCUT2D eigenvalue weighted by atomic mass is 10.1. The summed E-state index contributed by atoms with van der Waals surface area (Å²) in [6, 6.07) is 9.89. The van der Waals surface area contributed by atoms with Crippen LogP contribution in [0.3, 0.4) is 0 Å². The molecule has 0 saturated carbocycles. The molecule has 0 bridgehead atoms. The summed E-state index contributed by atoms with van der Waals surface area (Å²) >= 11 is 0. The van der Waals surface area contributed by atoms with Gasteiger partial charge in [-0.3, -0.25) is 4.98 Å². The first-order valence-electron chi connectivity index (χ1n) is 6.96. The molecule has 0 spiro atoms. The number of aromatic nitrogens is 1. The van der Waals surface area contributed by atoms with Gasteiger partial charge < -0.3 is 10.4 Å². The number of hydrogen-bond donors (Lipinski definition) is 2. The van der Waals surface area contributed by atoms with Crippen molar-refractivity contribution in [1.82, 2.24) is 10.3 Å². The van der Waals surface area contributed by atoms with Crippen LogP contribution < -0.4 is 5.32 Å². The third-order valence-corrected chi connectivity index (χ3v) is 3.86. The highest BCUT2D eigenvalue weighted by molar-refractivity contribution is 5.36. The number of rotatable bonds is 3. The van der Waals surface area contributed by atoms with E-state index >= 15 is 0 Å². The standard InChI is InChI=1S/C16H15F3N2O/c17-16(18,19)11-5-6-12(20-8-11)9-21-15-13-4-2-1-3-10(13)7-14(15)22/h1-6,8,14-15,21-22H,7,9H2/t14-,15-/m1/s1. The van der Waals surface area contributed by atoms with Gasteiger partial charge in [0.1, 0.15) is 0 Å². The van der Waals surface area contributed by atoms with Gasteiger partial charge in [-0.2, -0.15) is 13.2 Å². The van der Waals surface area contributed by atoms with Crippen molar-refractivity contribution >= 4 is 0 Å². The Kier molecular flexibility index (Phi) is 3.88. The first-order chi connectivity index (χ1) is 10.4. The largest absolute Gasteiger partial charge is 0.417 e. The number of nitrogens with zero attached hydrogens (tertiary/aromatic N) is 1. The van der Waals surface area contributed by atoms with Gasteiger partial charge in [0.25, 0.3) is 0 Å². The van der Waals surface area contributed by atoms with Gasteiger partial charge in [0, 0.05) is 19.2 Å². The Hall–Kier alpha value is -1.92. The molecule has 3 rings (SSSR count). The minimum Gasteiger partial charge on any atom is -0.391 e. The Balaban J connectivity index is 1.68. The van der Waals surface area contributed by atoms with Gasteiger partial charge in [-0.05, 0) is 23.3 Å². The lowest BCUT2D eigenvalue weighted by Gasteiger charge is -2.17. The Labute approximate surface area is 125 Å². The molecule has 1 aliphatic carbocycles. The Morgan fingerprint density at radius 3 is 2.64 bits per heavy atom. The maximum atomic E-state index is 12.5. The molecule has 1 aromatic heterocycles. The van der Waals surface area contributed by atoms with Crippen molar-refractivity contribution in [1.29, 1.82) is 0 Å². The number of fused-ring (bicyclic) bond motifs is 1. The second-order valence-electron chi connectivity index (χ2n) is 5.36. The van der Waals surface area contributed by atoms with Crippen molar-refractivity contribution in [2.45, 2.75) is 31.3 Å². The average Bonchev–Trinajstić information content (AvgIpc) is 2.80. The zero-order chi connectivity index (χ0) is 15.7. The predicted molar refractivity (Wildman–Crippen MR) is 75.0 cm³/mol. The molecule has 22 heavy (non-hydrogen) atoms. The van der Waals surface area contributed by atoms with E-state index in [9.17, 15) is 18.3 Å². The van der Waals surface area contributed by atoms with E-state index in [1.807, 2.05) is 24.3 Å². The summed E-state index contributed by atoms with van der Waals surface area (Å²) in [5, 5.41) is 13.3. The normalized spacial score (nSPS) is 20.9. The van der Waals surface area contributed by atoms with Crippen LogP contribution in [0.4, 0.5) is 13.2 Å². The summed E-state index contributed by atoms with van der Waals surface area (Å²) in [7, 11) is 0. The second-order valence-corrected chi connectivity index (χ2v) is 5.36. The molecule has 1 heterocycles. The van der Waals surface area contributed by atoms with Crippen molar-refractivity contribution in [2.75, 3.05) is 0 Å². The fourth-order valence-electron chi connectivity index (χ4n) is 2.73. The van der Waals surface area contributed by atoms with Crippen LogP contribution >= 0.6 is 0 Å². The zero-order valence-electron chi connectivity index (χ0n) is 11.6. The number of nitrogens with one attached hydrogen (secondary N) is 1. The fourth-order valence-corrected chi connectivity index (χ4v) is 2.73. The number of aliphatic hydroxyl groups is 1. The van der Waals surface area contributed by atoms with Gasteiger partial charge in [0.05, 0.1) is 23.4 Å². The molecule has 0 radical (unpaired) electrons. The second kappa shape index (κ2) is 5.70. The van der Waals surface area contributed by atoms with Crippen LogP contribution in [-0.2, 0) is 19.1 Å². The number of aliphatic hydroxyl groups excluding tert-OH is 1. The highest BCUT2D eigenvalue weighted by atomic mass is 19.4. The summed E-state index contributed by atoms with van der Waals surface area (Å²) in [5.74, 6) is 0. The maximum Gasteiger partial charge on any atom is 0.417 e. The Bertz CT molecular complexity index is 655. The number of halogens is 3. The summed E-state index contributed by atoms with van der Waals surface area (Å²) in [5.41, 5.74) is 1.86. The van der Waals surface area contributed by atoms with Gasteiger partial charge >= 0.3 is 6.18 Å². The van der Waals surface area contributed by atoms with Crippen LogP contribution in [0.15, 0.2) is 42.6 Å². The summed E-state index contributed by atoms with van der Waals surface area (Å²) in [4.78, 5) is 3.82. The molecule has 116 valence electrons. The number of benzene rings is 1. The smallest absolute Gasteiger partial charge is 0.391 e. The first kappa shape index (κ1) is 15.0. The van der Waals surface area contributed by atoms with Crippen molar-refractivity contribution in [2.24, 2.45) is 0 Å². The molecule has 6 heteroatoms. The molecular formula is C16H15F3N2O. The van der Waals surface area contributed by atoms with E-state index in [0.717, 1.165) is 23.4 Å². The lowest BCUT2D eigenvalue weighted by Crippen LogP contribution is -2.28. The third kappa shape index (κ3) is 2.98. The van der Waals surface area contributed by atoms with E-state index in [0.29, 0.717) is 18.7 Å². The molecule has 1 aromatic carbocycles. The highest BCUT2D eigenvalue weighted by Gasteiger charge is 2.31. The minimum absolute atomic E-state index is 0.222. The third-order valence-electron chi connectivity index (χ3n) is 3.86. The minimum atomic E-state index is -4.38. The van der Waals surface area contributed by atoms with E-state index in [4.69, 9.17) is 0 Å². The van der Waals surface area contributed by atoms with Crippen LogP contribution in [0.2, 0.25) is 0 Å². The van der Waals surface area contributed by atoms with E-state index in [-0.39, 0.29) is 6.04 Å². The van der Waals surface area contributed by atoms with Crippen LogP contribution in [0, 0.1) is 0 Å². The molecule has 2 aromatic rings. The Morgan fingerprint density at radius 2 is 1.95 bits per heavy atom. The quantitative estimate of drug-likeness (QED) is 0.916.